The first-order valence-electron chi connectivity index (χ1n) is 8.26. The fourth-order valence-electron chi connectivity index (χ4n) is 2.44. The van der Waals surface area contributed by atoms with Gasteiger partial charge in [0.2, 0.25) is 0 Å². The summed E-state index contributed by atoms with van der Waals surface area (Å²) >= 11 is 0. The van der Waals surface area contributed by atoms with Crippen molar-refractivity contribution in [1.82, 2.24) is 5.32 Å². The first-order chi connectivity index (χ1) is 10.6. The quantitative estimate of drug-likeness (QED) is 0.578. The second-order valence-corrected chi connectivity index (χ2v) is 5.69. The Hall–Kier alpha value is -1.55. The molecular formula is C18H29NO3. The molecule has 1 aromatic rings. The molecule has 22 heavy (non-hydrogen) atoms. The second kappa shape index (κ2) is 10.2. The highest BCUT2D eigenvalue weighted by Crippen LogP contribution is 2.25. The maximum Gasteiger partial charge on any atom is 0.310 e. The van der Waals surface area contributed by atoms with Gasteiger partial charge >= 0.3 is 5.97 Å². The van der Waals surface area contributed by atoms with Crippen LogP contribution in [0.5, 0.6) is 5.75 Å². The Balaban J connectivity index is 2.07. The number of unbranched alkanes of at least 4 members (excludes halogenated alkanes) is 2. The molecule has 0 aliphatic heterocycles. The van der Waals surface area contributed by atoms with Gasteiger partial charge in [-0.15, -0.1) is 0 Å². The topological polar surface area (TPSA) is 58.6 Å². The van der Waals surface area contributed by atoms with E-state index in [1.165, 1.54) is 0 Å². The molecule has 0 saturated heterocycles. The van der Waals surface area contributed by atoms with Gasteiger partial charge in [-0.3, -0.25) is 4.79 Å². The highest BCUT2D eigenvalue weighted by Gasteiger charge is 2.33. The van der Waals surface area contributed by atoms with Crippen LogP contribution in [-0.2, 0) is 4.79 Å². The minimum Gasteiger partial charge on any atom is -0.494 e. The lowest BCUT2D eigenvalue weighted by molar-refractivity contribution is -0.149. The molecule has 4 heteroatoms. The van der Waals surface area contributed by atoms with Crippen molar-refractivity contribution in [1.29, 1.82) is 0 Å². The van der Waals surface area contributed by atoms with Crippen molar-refractivity contribution in [3.63, 3.8) is 0 Å². The summed E-state index contributed by atoms with van der Waals surface area (Å²) < 4.78 is 5.63. The van der Waals surface area contributed by atoms with E-state index in [9.17, 15) is 9.90 Å². The van der Waals surface area contributed by atoms with Crippen molar-refractivity contribution >= 4 is 5.97 Å². The van der Waals surface area contributed by atoms with Gasteiger partial charge < -0.3 is 15.2 Å². The van der Waals surface area contributed by atoms with Gasteiger partial charge in [0.05, 0.1) is 12.0 Å². The van der Waals surface area contributed by atoms with Gasteiger partial charge in [0.25, 0.3) is 0 Å². The van der Waals surface area contributed by atoms with Crippen molar-refractivity contribution < 1.29 is 14.6 Å². The monoisotopic (exact) mass is 307 g/mol. The van der Waals surface area contributed by atoms with Crippen LogP contribution in [0.1, 0.15) is 46.0 Å². The summed E-state index contributed by atoms with van der Waals surface area (Å²) in [6.45, 7) is 6.03. The Labute approximate surface area is 133 Å². The van der Waals surface area contributed by atoms with Crippen LogP contribution >= 0.6 is 0 Å². The first kappa shape index (κ1) is 18.5. The second-order valence-electron chi connectivity index (χ2n) is 5.69. The number of aliphatic carboxylic acids is 1. The number of nitrogens with one attached hydrogen (secondary N) is 1. The predicted molar refractivity (Wildman–Crippen MR) is 89.3 cm³/mol. The SMILES string of the molecule is CCC(CC)(CNCCCCCOc1ccccc1)C(=O)O. The standard InChI is InChI=1S/C18H29NO3/c1-3-18(4-2,17(20)21)15-19-13-9-6-10-14-22-16-11-7-5-8-12-16/h5,7-8,11-12,19H,3-4,6,9-10,13-15H2,1-2H3,(H,20,21). The Morgan fingerprint density at radius 2 is 1.82 bits per heavy atom. The van der Waals surface area contributed by atoms with E-state index in [1.54, 1.807) is 0 Å². The van der Waals surface area contributed by atoms with Crippen LogP contribution in [0.2, 0.25) is 0 Å². The van der Waals surface area contributed by atoms with Crippen LogP contribution in [-0.4, -0.2) is 30.8 Å². The molecule has 1 rings (SSSR count). The van der Waals surface area contributed by atoms with Gasteiger partial charge in [-0.1, -0.05) is 32.0 Å². The maximum atomic E-state index is 11.4. The fraction of sp³-hybridized carbons (Fsp3) is 0.611. The number of rotatable bonds is 12. The smallest absolute Gasteiger partial charge is 0.310 e. The number of hydrogen-bond donors (Lipinski definition) is 2. The van der Waals surface area contributed by atoms with Gasteiger partial charge in [0, 0.05) is 6.54 Å². The molecule has 0 atom stereocenters. The third-order valence-corrected chi connectivity index (χ3v) is 4.28. The van der Waals surface area contributed by atoms with Gasteiger partial charge in [0.15, 0.2) is 0 Å². The molecule has 0 aliphatic rings. The van der Waals surface area contributed by atoms with Gasteiger partial charge in [-0.25, -0.2) is 0 Å². The van der Waals surface area contributed by atoms with Crippen molar-refractivity contribution in [2.24, 2.45) is 5.41 Å². The molecule has 124 valence electrons. The summed E-state index contributed by atoms with van der Waals surface area (Å²) in [6, 6.07) is 9.83. The normalized spacial score (nSPS) is 11.4. The van der Waals surface area contributed by atoms with E-state index in [4.69, 9.17) is 4.74 Å². The van der Waals surface area contributed by atoms with Crippen LogP contribution in [0.4, 0.5) is 0 Å². The molecule has 0 fully saturated rings. The van der Waals surface area contributed by atoms with E-state index < -0.39 is 11.4 Å². The average molecular weight is 307 g/mol. The number of carbonyl (C=O) groups is 1. The summed E-state index contributed by atoms with van der Waals surface area (Å²) in [7, 11) is 0. The predicted octanol–water partition coefficient (Wildman–Crippen LogP) is 3.72. The molecule has 0 saturated carbocycles. The molecule has 4 nitrogen and oxygen atoms in total. The van der Waals surface area contributed by atoms with Crippen molar-refractivity contribution in [2.75, 3.05) is 19.7 Å². The summed E-state index contributed by atoms with van der Waals surface area (Å²) in [4.78, 5) is 11.4. The summed E-state index contributed by atoms with van der Waals surface area (Å²) in [5.74, 6) is 0.221. The Kier molecular flexibility index (Phi) is 8.60. The van der Waals surface area contributed by atoms with Crippen molar-refractivity contribution in [3.05, 3.63) is 30.3 Å². The van der Waals surface area contributed by atoms with Crippen LogP contribution in [0.3, 0.4) is 0 Å². The summed E-state index contributed by atoms with van der Waals surface area (Å²) in [5.41, 5.74) is -0.615. The van der Waals surface area contributed by atoms with E-state index in [0.717, 1.165) is 38.2 Å². The largest absolute Gasteiger partial charge is 0.494 e. The van der Waals surface area contributed by atoms with E-state index in [0.29, 0.717) is 19.4 Å². The lowest BCUT2D eigenvalue weighted by Crippen LogP contribution is -2.40. The number of carboxylic acids is 1. The third kappa shape index (κ3) is 6.06. The maximum absolute atomic E-state index is 11.4. The average Bonchev–Trinajstić information content (AvgIpc) is 2.54. The highest BCUT2D eigenvalue weighted by atomic mass is 16.5. The lowest BCUT2D eigenvalue weighted by atomic mass is 9.82. The minimum atomic E-state index is -0.693. The first-order valence-corrected chi connectivity index (χ1v) is 8.26. The molecule has 0 aliphatic carbocycles. The van der Waals surface area contributed by atoms with E-state index in [1.807, 2.05) is 44.2 Å². The molecular weight excluding hydrogens is 278 g/mol. The number of hydrogen-bond acceptors (Lipinski definition) is 3. The zero-order chi connectivity index (χ0) is 16.3. The molecule has 1 aromatic carbocycles. The molecule has 0 spiro atoms. The molecule has 0 radical (unpaired) electrons. The Morgan fingerprint density at radius 1 is 1.14 bits per heavy atom. The van der Waals surface area contributed by atoms with Crippen molar-refractivity contribution in [2.45, 2.75) is 46.0 Å². The number of benzene rings is 1. The van der Waals surface area contributed by atoms with Crippen LogP contribution < -0.4 is 10.1 Å². The zero-order valence-electron chi connectivity index (χ0n) is 13.8. The molecule has 0 amide bonds. The summed E-state index contributed by atoms with van der Waals surface area (Å²) in [6.07, 6.45) is 4.47. The zero-order valence-corrected chi connectivity index (χ0v) is 13.8. The van der Waals surface area contributed by atoms with E-state index in [2.05, 4.69) is 5.32 Å². The summed E-state index contributed by atoms with van der Waals surface area (Å²) in [5, 5.41) is 12.6. The van der Waals surface area contributed by atoms with Crippen molar-refractivity contribution in [3.8, 4) is 5.75 Å². The highest BCUT2D eigenvalue weighted by molar-refractivity contribution is 5.74. The molecule has 0 bridgehead atoms. The minimum absolute atomic E-state index is 0.551. The Bertz CT molecular complexity index is 416. The van der Waals surface area contributed by atoms with Gasteiger partial charge in [0.1, 0.15) is 5.75 Å². The number of ether oxygens (including phenoxy) is 1. The van der Waals surface area contributed by atoms with Gasteiger partial charge in [-0.2, -0.15) is 0 Å². The van der Waals surface area contributed by atoms with Crippen LogP contribution in [0.15, 0.2) is 30.3 Å². The number of para-hydroxylation sites is 1. The number of carboxylic acid groups (broad SMARTS) is 1. The van der Waals surface area contributed by atoms with Crippen LogP contribution in [0, 0.1) is 5.41 Å². The molecule has 0 unspecified atom stereocenters. The third-order valence-electron chi connectivity index (χ3n) is 4.28. The molecule has 2 N–H and O–H groups in total. The fourth-order valence-corrected chi connectivity index (χ4v) is 2.44. The van der Waals surface area contributed by atoms with E-state index in [-0.39, 0.29) is 0 Å². The molecule has 0 heterocycles. The van der Waals surface area contributed by atoms with Gasteiger partial charge in [-0.05, 0) is 50.8 Å². The Morgan fingerprint density at radius 3 is 2.41 bits per heavy atom. The lowest BCUT2D eigenvalue weighted by Gasteiger charge is -2.27. The molecule has 0 aromatic heterocycles. The van der Waals surface area contributed by atoms with E-state index >= 15 is 0 Å². The van der Waals surface area contributed by atoms with Crippen LogP contribution in [0.25, 0.3) is 0 Å².